The number of aromatic nitrogens is 2. The Morgan fingerprint density at radius 1 is 1.56 bits per heavy atom. The second-order valence-electron chi connectivity index (χ2n) is 3.72. The largest absolute Gasteiger partial charge is 0.352 e. The van der Waals surface area contributed by atoms with Crippen molar-refractivity contribution in [3.05, 3.63) is 39.8 Å². The minimum atomic E-state index is -0.145. The maximum Gasteiger partial charge on any atom is 0.217 e. The fraction of sp³-hybridized carbons (Fsp3) is 0.273. The minimum absolute atomic E-state index is 0.0501. The molecule has 0 saturated heterocycles. The topological polar surface area (TPSA) is 66.4 Å². The minimum Gasteiger partial charge on any atom is -0.352 e. The van der Waals surface area contributed by atoms with Gasteiger partial charge in [-0.25, -0.2) is 0 Å². The van der Waals surface area contributed by atoms with Gasteiger partial charge in [-0.3, -0.25) is 14.1 Å². The summed E-state index contributed by atoms with van der Waals surface area (Å²) in [4.78, 5) is 22.6. The Balaban J connectivity index is 2.55. The highest BCUT2D eigenvalue weighted by Crippen LogP contribution is 2.08. The molecule has 5 heteroatoms. The van der Waals surface area contributed by atoms with Crippen LogP contribution in [-0.2, 0) is 11.3 Å². The third kappa shape index (κ3) is 1.71. The number of H-pyrrole nitrogens is 1. The quantitative estimate of drug-likeness (QED) is 0.775. The lowest BCUT2D eigenvalue weighted by atomic mass is 10.2. The van der Waals surface area contributed by atoms with Crippen molar-refractivity contribution in [2.75, 3.05) is 0 Å². The van der Waals surface area contributed by atoms with Gasteiger partial charge in [-0.2, -0.15) is 0 Å². The van der Waals surface area contributed by atoms with E-state index < -0.39 is 0 Å². The number of amides is 1. The van der Waals surface area contributed by atoms with Crippen LogP contribution in [0.15, 0.2) is 23.1 Å². The molecule has 0 atom stereocenters. The molecule has 84 valence electrons. The third-order valence-electron chi connectivity index (χ3n) is 2.50. The van der Waals surface area contributed by atoms with Crippen LogP contribution in [-0.4, -0.2) is 15.5 Å². The third-order valence-corrected chi connectivity index (χ3v) is 2.50. The van der Waals surface area contributed by atoms with Crippen LogP contribution >= 0.6 is 0 Å². The van der Waals surface area contributed by atoms with Gasteiger partial charge < -0.3 is 10.4 Å². The number of carbonyl (C=O) groups excluding carboxylic acids is 1. The van der Waals surface area contributed by atoms with Gasteiger partial charge in [-0.15, -0.1) is 0 Å². The van der Waals surface area contributed by atoms with Crippen molar-refractivity contribution in [2.24, 2.45) is 0 Å². The van der Waals surface area contributed by atoms with Crippen molar-refractivity contribution < 1.29 is 4.79 Å². The van der Waals surface area contributed by atoms with Crippen molar-refractivity contribution in [1.29, 1.82) is 0 Å². The number of hydrogen-bond acceptors (Lipinski definition) is 2. The van der Waals surface area contributed by atoms with Crippen LogP contribution in [0.4, 0.5) is 0 Å². The molecule has 16 heavy (non-hydrogen) atoms. The zero-order chi connectivity index (χ0) is 11.7. The van der Waals surface area contributed by atoms with E-state index >= 15 is 0 Å². The first kappa shape index (κ1) is 10.5. The summed E-state index contributed by atoms with van der Waals surface area (Å²) >= 11 is 0. The van der Waals surface area contributed by atoms with E-state index in [0.29, 0.717) is 5.56 Å². The van der Waals surface area contributed by atoms with E-state index in [1.807, 2.05) is 17.5 Å². The fourth-order valence-corrected chi connectivity index (χ4v) is 1.72. The summed E-state index contributed by atoms with van der Waals surface area (Å²) < 4.78 is 1.82. The van der Waals surface area contributed by atoms with Gasteiger partial charge >= 0.3 is 0 Å². The van der Waals surface area contributed by atoms with E-state index in [0.717, 1.165) is 11.2 Å². The monoisotopic (exact) mass is 219 g/mol. The van der Waals surface area contributed by atoms with Gasteiger partial charge in [0.05, 0.1) is 5.52 Å². The molecule has 0 aliphatic carbocycles. The first-order valence-corrected chi connectivity index (χ1v) is 5.02. The SMILES string of the molecule is CC(=O)NCc1c(=O)cc(C)n2[nH]ccc12. The molecule has 2 aromatic rings. The second kappa shape index (κ2) is 3.84. The Bertz CT molecular complexity index is 595. The summed E-state index contributed by atoms with van der Waals surface area (Å²) in [6.07, 6.45) is 1.76. The van der Waals surface area contributed by atoms with Crippen LogP contribution < -0.4 is 10.7 Å². The average molecular weight is 219 g/mol. The molecular formula is C11H13N3O2. The predicted molar refractivity (Wildman–Crippen MR) is 60.3 cm³/mol. The van der Waals surface area contributed by atoms with Crippen LogP contribution in [0.1, 0.15) is 18.2 Å². The molecule has 2 rings (SSSR count). The van der Waals surface area contributed by atoms with Crippen molar-refractivity contribution >= 4 is 11.4 Å². The summed E-state index contributed by atoms with van der Waals surface area (Å²) in [5.41, 5.74) is 2.20. The van der Waals surface area contributed by atoms with Gasteiger partial charge in [0.25, 0.3) is 0 Å². The number of fused-ring (bicyclic) bond motifs is 1. The lowest BCUT2D eigenvalue weighted by Gasteiger charge is -2.06. The first-order valence-electron chi connectivity index (χ1n) is 5.02. The number of carbonyl (C=O) groups is 1. The molecule has 0 aromatic carbocycles. The van der Waals surface area contributed by atoms with E-state index in [1.54, 1.807) is 12.3 Å². The number of hydrogen-bond donors (Lipinski definition) is 2. The smallest absolute Gasteiger partial charge is 0.217 e. The Labute approximate surface area is 92.1 Å². The maximum atomic E-state index is 11.8. The Kier molecular flexibility index (Phi) is 2.52. The van der Waals surface area contributed by atoms with Crippen LogP contribution in [0.3, 0.4) is 0 Å². The number of aromatic amines is 1. The molecule has 0 saturated carbocycles. The summed E-state index contributed by atoms with van der Waals surface area (Å²) in [6, 6.07) is 3.38. The van der Waals surface area contributed by atoms with Crippen LogP contribution in [0.25, 0.3) is 5.52 Å². The zero-order valence-electron chi connectivity index (χ0n) is 9.20. The molecule has 2 heterocycles. The standard InChI is InChI=1S/C11H13N3O2/c1-7-5-11(16)9(6-12-8(2)15)10-3-4-13-14(7)10/h3-5,13H,6H2,1-2H3,(H,12,15). The van der Waals surface area contributed by atoms with Crippen molar-refractivity contribution in [3.8, 4) is 0 Å². The molecule has 0 aliphatic rings. The number of pyridine rings is 1. The van der Waals surface area contributed by atoms with E-state index in [-0.39, 0.29) is 17.9 Å². The van der Waals surface area contributed by atoms with E-state index in [9.17, 15) is 9.59 Å². The Hall–Kier alpha value is -2.04. The molecule has 0 radical (unpaired) electrons. The average Bonchev–Trinajstić information content (AvgIpc) is 2.65. The van der Waals surface area contributed by atoms with Crippen molar-refractivity contribution in [2.45, 2.75) is 20.4 Å². The highest BCUT2D eigenvalue weighted by atomic mass is 16.1. The van der Waals surface area contributed by atoms with Crippen LogP contribution in [0, 0.1) is 6.92 Å². The number of rotatable bonds is 2. The summed E-state index contributed by atoms with van der Waals surface area (Å²) in [7, 11) is 0. The fourth-order valence-electron chi connectivity index (χ4n) is 1.72. The molecule has 0 spiro atoms. The van der Waals surface area contributed by atoms with Gasteiger partial charge in [-0.1, -0.05) is 0 Å². The van der Waals surface area contributed by atoms with Gasteiger partial charge in [0.1, 0.15) is 0 Å². The molecule has 0 bridgehead atoms. The van der Waals surface area contributed by atoms with Crippen molar-refractivity contribution in [1.82, 2.24) is 14.9 Å². The Morgan fingerprint density at radius 3 is 3.00 bits per heavy atom. The molecule has 2 aromatic heterocycles. The molecular weight excluding hydrogens is 206 g/mol. The van der Waals surface area contributed by atoms with Gasteiger partial charge in [0.15, 0.2) is 5.43 Å². The lowest BCUT2D eigenvalue weighted by molar-refractivity contribution is -0.119. The molecule has 0 fully saturated rings. The highest BCUT2D eigenvalue weighted by molar-refractivity contribution is 5.73. The molecule has 0 aliphatic heterocycles. The van der Waals surface area contributed by atoms with Crippen LogP contribution in [0.5, 0.6) is 0 Å². The van der Waals surface area contributed by atoms with E-state index in [1.165, 1.54) is 6.92 Å². The van der Waals surface area contributed by atoms with E-state index in [4.69, 9.17) is 0 Å². The predicted octanol–water partition coefficient (Wildman–Crippen LogP) is 0.572. The zero-order valence-corrected chi connectivity index (χ0v) is 9.20. The maximum absolute atomic E-state index is 11.8. The number of nitrogens with zero attached hydrogens (tertiary/aromatic N) is 1. The van der Waals surface area contributed by atoms with Gasteiger partial charge in [0.2, 0.25) is 5.91 Å². The summed E-state index contributed by atoms with van der Waals surface area (Å²) in [5, 5.41) is 5.65. The summed E-state index contributed by atoms with van der Waals surface area (Å²) in [6.45, 7) is 3.54. The number of nitrogens with one attached hydrogen (secondary N) is 2. The second-order valence-corrected chi connectivity index (χ2v) is 3.72. The Morgan fingerprint density at radius 2 is 2.31 bits per heavy atom. The van der Waals surface area contributed by atoms with E-state index in [2.05, 4.69) is 10.4 Å². The molecule has 0 unspecified atom stereocenters. The van der Waals surface area contributed by atoms with Gasteiger partial charge in [-0.05, 0) is 13.0 Å². The molecule has 2 N–H and O–H groups in total. The first-order chi connectivity index (χ1) is 7.59. The van der Waals surface area contributed by atoms with Gasteiger partial charge in [0, 0.05) is 37.0 Å². The highest BCUT2D eigenvalue weighted by Gasteiger charge is 2.08. The molecule has 1 amide bonds. The van der Waals surface area contributed by atoms with Crippen molar-refractivity contribution in [3.63, 3.8) is 0 Å². The molecule has 5 nitrogen and oxygen atoms in total. The number of aryl methyl sites for hydroxylation is 1. The summed E-state index contributed by atoms with van der Waals surface area (Å²) in [5.74, 6) is -0.145. The normalized spacial score (nSPS) is 10.6. The van der Waals surface area contributed by atoms with Crippen LogP contribution in [0.2, 0.25) is 0 Å². The lowest BCUT2D eigenvalue weighted by Crippen LogP contribution is -2.24.